The maximum atomic E-state index is 12.1. The summed E-state index contributed by atoms with van der Waals surface area (Å²) in [5.74, 6) is 1.41. The summed E-state index contributed by atoms with van der Waals surface area (Å²) in [6.45, 7) is 6.97. The fourth-order valence-electron chi connectivity index (χ4n) is 1.82. The molecule has 0 bridgehead atoms. The third-order valence-electron chi connectivity index (χ3n) is 3.06. The van der Waals surface area contributed by atoms with Crippen molar-refractivity contribution in [1.29, 1.82) is 0 Å². The Morgan fingerprint density at radius 2 is 1.81 bits per heavy atom. The second-order valence-electron chi connectivity index (χ2n) is 6.04. The third-order valence-corrected chi connectivity index (χ3v) is 3.06. The second-order valence-corrected chi connectivity index (χ2v) is 6.04. The Balaban J connectivity index is 2.66. The van der Waals surface area contributed by atoms with Crippen LogP contribution in [0.1, 0.15) is 26.3 Å². The Morgan fingerprint density at radius 1 is 1.19 bits per heavy atom. The summed E-state index contributed by atoms with van der Waals surface area (Å²) in [5.41, 5.74) is 0.930. The van der Waals surface area contributed by atoms with E-state index in [0.29, 0.717) is 24.6 Å². The average molecular weight is 294 g/mol. The number of amides is 1. The van der Waals surface area contributed by atoms with Gasteiger partial charge < -0.3 is 19.7 Å². The van der Waals surface area contributed by atoms with Crippen LogP contribution in [0, 0.1) is 0 Å². The summed E-state index contributed by atoms with van der Waals surface area (Å²) in [6.07, 6.45) is 0. The monoisotopic (exact) mass is 294 g/mol. The van der Waals surface area contributed by atoms with Gasteiger partial charge in [0.25, 0.3) is 0 Å². The number of benzene rings is 1. The van der Waals surface area contributed by atoms with Gasteiger partial charge in [-0.15, -0.1) is 0 Å². The van der Waals surface area contributed by atoms with E-state index in [1.807, 2.05) is 39.0 Å². The fraction of sp³-hybridized carbons (Fsp3) is 0.562. The summed E-state index contributed by atoms with van der Waals surface area (Å²) < 4.78 is 10.5. The minimum atomic E-state index is -0.0696. The predicted molar refractivity (Wildman–Crippen MR) is 83.8 cm³/mol. The Kier molecular flexibility index (Phi) is 6.03. The third kappa shape index (κ3) is 5.63. The van der Waals surface area contributed by atoms with E-state index in [1.54, 1.807) is 26.2 Å². The molecule has 0 aliphatic rings. The zero-order chi connectivity index (χ0) is 16.0. The van der Waals surface area contributed by atoms with Gasteiger partial charge in [0.15, 0.2) is 11.5 Å². The van der Waals surface area contributed by atoms with Crippen LogP contribution in [0.3, 0.4) is 0 Å². The van der Waals surface area contributed by atoms with Crippen LogP contribution < -0.4 is 14.8 Å². The molecule has 1 amide bonds. The maximum absolute atomic E-state index is 12.1. The fourth-order valence-corrected chi connectivity index (χ4v) is 1.82. The Hall–Kier alpha value is -1.75. The lowest BCUT2D eigenvalue weighted by atomic mass is 10.1. The van der Waals surface area contributed by atoms with Crippen molar-refractivity contribution in [3.63, 3.8) is 0 Å². The number of carbonyl (C=O) groups is 1. The Labute approximate surface area is 127 Å². The van der Waals surface area contributed by atoms with E-state index in [-0.39, 0.29) is 11.4 Å². The number of likely N-dealkylation sites (N-methyl/N-ethyl adjacent to an activating group) is 1. The zero-order valence-corrected chi connectivity index (χ0v) is 13.8. The van der Waals surface area contributed by atoms with E-state index in [1.165, 1.54) is 0 Å². The molecule has 1 aromatic carbocycles. The number of nitrogens with zero attached hydrogens (tertiary/aromatic N) is 1. The molecule has 5 nitrogen and oxygen atoms in total. The van der Waals surface area contributed by atoms with E-state index < -0.39 is 0 Å². The van der Waals surface area contributed by atoms with Gasteiger partial charge in [-0.1, -0.05) is 6.07 Å². The van der Waals surface area contributed by atoms with Crippen LogP contribution in [-0.4, -0.2) is 44.2 Å². The topological polar surface area (TPSA) is 50.8 Å². The average Bonchev–Trinajstić information content (AvgIpc) is 2.43. The molecule has 1 rings (SSSR count). The Bertz CT molecular complexity index is 481. The standard InChI is InChI=1S/C16H26N2O3/c1-16(2,3)17-10-15(19)18(4)11-12-7-8-13(20-5)14(9-12)21-6/h7-9,17H,10-11H2,1-6H3. The van der Waals surface area contributed by atoms with Gasteiger partial charge in [-0.25, -0.2) is 0 Å². The molecule has 1 N–H and O–H groups in total. The lowest BCUT2D eigenvalue weighted by molar-refractivity contribution is -0.129. The largest absolute Gasteiger partial charge is 0.493 e. The van der Waals surface area contributed by atoms with Crippen molar-refractivity contribution < 1.29 is 14.3 Å². The summed E-state index contributed by atoms with van der Waals surface area (Å²) in [6, 6.07) is 5.67. The van der Waals surface area contributed by atoms with Crippen LogP contribution in [-0.2, 0) is 11.3 Å². The van der Waals surface area contributed by atoms with Crippen molar-refractivity contribution in [1.82, 2.24) is 10.2 Å². The van der Waals surface area contributed by atoms with Crippen LogP contribution in [0.15, 0.2) is 18.2 Å². The molecule has 0 saturated carbocycles. The molecule has 0 heterocycles. The summed E-state index contributed by atoms with van der Waals surface area (Å²) in [5, 5.41) is 3.19. The molecule has 1 aromatic rings. The number of nitrogens with one attached hydrogen (secondary N) is 1. The van der Waals surface area contributed by atoms with Crippen LogP contribution >= 0.6 is 0 Å². The van der Waals surface area contributed by atoms with Gasteiger partial charge in [-0.3, -0.25) is 4.79 Å². The van der Waals surface area contributed by atoms with Crippen LogP contribution in [0.4, 0.5) is 0 Å². The summed E-state index contributed by atoms with van der Waals surface area (Å²) >= 11 is 0. The van der Waals surface area contributed by atoms with E-state index in [9.17, 15) is 4.79 Å². The second kappa shape index (κ2) is 7.31. The van der Waals surface area contributed by atoms with Crippen molar-refractivity contribution >= 4 is 5.91 Å². The minimum Gasteiger partial charge on any atom is -0.493 e. The maximum Gasteiger partial charge on any atom is 0.236 e. The molecule has 0 spiro atoms. The highest BCUT2D eigenvalue weighted by molar-refractivity contribution is 5.78. The van der Waals surface area contributed by atoms with Crippen LogP contribution in [0.25, 0.3) is 0 Å². The molecule has 21 heavy (non-hydrogen) atoms. The molecule has 0 aliphatic heterocycles. The van der Waals surface area contributed by atoms with Gasteiger partial charge in [-0.2, -0.15) is 0 Å². The number of hydrogen-bond donors (Lipinski definition) is 1. The first-order valence-corrected chi connectivity index (χ1v) is 6.96. The van der Waals surface area contributed by atoms with Gasteiger partial charge in [0.2, 0.25) is 5.91 Å². The molecule has 0 aromatic heterocycles. The molecule has 0 unspecified atom stereocenters. The SMILES string of the molecule is COc1ccc(CN(C)C(=O)CNC(C)(C)C)cc1OC. The van der Waals surface area contributed by atoms with Gasteiger partial charge >= 0.3 is 0 Å². The minimum absolute atomic E-state index is 0.0553. The zero-order valence-electron chi connectivity index (χ0n) is 13.8. The highest BCUT2D eigenvalue weighted by Crippen LogP contribution is 2.27. The number of rotatable bonds is 6. The first-order valence-electron chi connectivity index (χ1n) is 6.96. The van der Waals surface area contributed by atoms with Gasteiger partial charge in [0.05, 0.1) is 20.8 Å². The van der Waals surface area contributed by atoms with Gasteiger partial charge in [-0.05, 0) is 38.5 Å². The first-order chi connectivity index (χ1) is 9.76. The Morgan fingerprint density at radius 3 is 2.33 bits per heavy atom. The molecule has 0 atom stereocenters. The smallest absolute Gasteiger partial charge is 0.236 e. The van der Waals surface area contributed by atoms with Crippen LogP contribution in [0.5, 0.6) is 11.5 Å². The van der Waals surface area contributed by atoms with Crippen molar-refractivity contribution in [3.8, 4) is 11.5 Å². The number of methoxy groups -OCH3 is 2. The highest BCUT2D eigenvalue weighted by Gasteiger charge is 2.15. The van der Waals surface area contributed by atoms with Crippen molar-refractivity contribution in [2.75, 3.05) is 27.8 Å². The van der Waals surface area contributed by atoms with E-state index >= 15 is 0 Å². The molecule has 0 fully saturated rings. The number of ether oxygens (including phenoxy) is 2. The van der Waals surface area contributed by atoms with Crippen molar-refractivity contribution in [2.24, 2.45) is 0 Å². The number of carbonyl (C=O) groups excluding carboxylic acids is 1. The molecule has 0 radical (unpaired) electrons. The molecule has 0 aliphatic carbocycles. The lowest BCUT2D eigenvalue weighted by Crippen LogP contribution is -2.43. The normalized spacial score (nSPS) is 11.1. The van der Waals surface area contributed by atoms with Crippen molar-refractivity contribution in [2.45, 2.75) is 32.9 Å². The van der Waals surface area contributed by atoms with Crippen molar-refractivity contribution in [3.05, 3.63) is 23.8 Å². The quantitative estimate of drug-likeness (QED) is 0.872. The van der Waals surface area contributed by atoms with Gasteiger partial charge in [0, 0.05) is 19.1 Å². The van der Waals surface area contributed by atoms with E-state index in [4.69, 9.17) is 9.47 Å². The highest BCUT2D eigenvalue weighted by atomic mass is 16.5. The van der Waals surface area contributed by atoms with Gasteiger partial charge in [0.1, 0.15) is 0 Å². The summed E-state index contributed by atoms with van der Waals surface area (Å²) in [4.78, 5) is 13.8. The molecular weight excluding hydrogens is 268 g/mol. The number of hydrogen-bond acceptors (Lipinski definition) is 4. The summed E-state index contributed by atoms with van der Waals surface area (Å²) in [7, 11) is 5.00. The molecular formula is C16H26N2O3. The molecule has 118 valence electrons. The molecule has 0 saturated heterocycles. The van der Waals surface area contributed by atoms with Crippen LogP contribution in [0.2, 0.25) is 0 Å². The lowest BCUT2D eigenvalue weighted by Gasteiger charge is -2.23. The predicted octanol–water partition coefficient (Wildman–Crippen LogP) is 2.05. The van der Waals surface area contributed by atoms with E-state index in [2.05, 4.69) is 5.32 Å². The van der Waals surface area contributed by atoms with E-state index in [0.717, 1.165) is 5.56 Å². The first kappa shape index (κ1) is 17.3. The molecule has 5 heteroatoms.